The number of aromatic amines is 1. The zero-order valence-electron chi connectivity index (χ0n) is 12.1. The molecule has 0 unspecified atom stereocenters. The predicted molar refractivity (Wildman–Crippen MR) is 81.6 cm³/mol. The highest BCUT2D eigenvalue weighted by molar-refractivity contribution is 6.46. The lowest BCUT2D eigenvalue weighted by Gasteiger charge is -2.05. The number of nitriles is 1. The highest BCUT2D eigenvalue weighted by Gasteiger charge is 2.27. The highest BCUT2D eigenvalue weighted by Crippen LogP contribution is 2.26. The van der Waals surface area contributed by atoms with E-state index in [0.29, 0.717) is 0 Å². The lowest BCUT2D eigenvalue weighted by molar-refractivity contribution is -0.131. The number of nitrogens with zero attached hydrogens (tertiary/aromatic N) is 1. The van der Waals surface area contributed by atoms with Gasteiger partial charge in [-0.25, -0.2) is 9.18 Å². The van der Waals surface area contributed by atoms with Crippen molar-refractivity contribution in [2.24, 2.45) is 0 Å². The third kappa shape index (κ3) is 3.11. The van der Waals surface area contributed by atoms with E-state index in [0.717, 1.165) is 12.1 Å². The summed E-state index contributed by atoms with van der Waals surface area (Å²) in [5, 5.41) is 19.6. The molecule has 0 aliphatic rings. The van der Waals surface area contributed by atoms with E-state index in [2.05, 4.69) is 10.3 Å². The molecule has 1 aromatic heterocycles. The Bertz CT molecular complexity index is 914. The maximum atomic E-state index is 13.3. The second-order valence-corrected chi connectivity index (χ2v) is 5.09. The highest BCUT2D eigenvalue weighted by atomic mass is 35.5. The Balaban J connectivity index is 2.35. The molecule has 0 saturated heterocycles. The molecule has 1 heterocycles. The molecule has 0 bridgehead atoms. The molecule has 1 amide bonds. The molecule has 0 radical (unpaired) electrons. The van der Waals surface area contributed by atoms with E-state index in [-0.39, 0.29) is 33.2 Å². The van der Waals surface area contributed by atoms with E-state index in [1.165, 1.54) is 13.0 Å². The number of carbonyl (C=O) groups is 3. The summed E-state index contributed by atoms with van der Waals surface area (Å²) in [4.78, 5) is 37.1. The number of rotatable bonds is 4. The maximum Gasteiger partial charge on any atom is 0.377 e. The van der Waals surface area contributed by atoms with Crippen LogP contribution in [0.4, 0.5) is 10.1 Å². The van der Waals surface area contributed by atoms with Crippen molar-refractivity contribution in [3.63, 3.8) is 0 Å². The molecule has 0 fully saturated rings. The standard InChI is InChI=1S/C15H9ClFN3O4/c1-6-10(13(21)15(23)24)11(16)12(19-6)14(22)20-8-2-3-9(17)7(4-8)5-18/h2-4,19H,1H3,(H,20,22)(H,23,24). The van der Waals surface area contributed by atoms with Gasteiger partial charge in [-0.1, -0.05) is 11.6 Å². The van der Waals surface area contributed by atoms with Crippen LogP contribution in [0.2, 0.25) is 5.02 Å². The first-order chi connectivity index (χ1) is 11.3. The van der Waals surface area contributed by atoms with Gasteiger partial charge in [0.05, 0.1) is 16.1 Å². The first kappa shape index (κ1) is 17.2. The van der Waals surface area contributed by atoms with Crippen molar-refractivity contribution in [3.8, 4) is 6.07 Å². The summed E-state index contributed by atoms with van der Waals surface area (Å²) >= 11 is 5.92. The summed E-state index contributed by atoms with van der Waals surface area (Å²) < 4.78 is 13.3. The van der Waals surface area contributed by atoms with E-state index in [9.17, 15) is 18.8 Å². The number of Topliss-reactive ketones (excluding diaryl/α,β-unsaturated/α-hetero) is 1. The number of aromatic nitrogens is 1. The van der Waals surface area contributed by atoms with Gasteiger partial charge in [0.2, 0.25) is 0 Å². The Labute approximate surface area is 139 Å². The molecule has 1 aromatic carbocycles. The van der Waals surface area contributed by atoms with Crippen molar-refractivity contribution in [1.82, 2.24) is 4.98 Å². The fraction of sp³-hybridized carbons (Fsp3) is 0.0667. The monoisotopic (exact) mass is 349 g/mol. The quantitative estimate of drug-likeness (QED) is 0.578. The SMILES string of the molecule is Cc1[nH]c(C(=O)Nc2ccc(F)c(C#N)c2)c(Cl)c1C(=O)C(=O)O. The van der Waals surface area contributed by atoms with Gasteiger partial charge >= 0.3 is 5.97 Å². The number of amides is 1. The normalized spacial score (nSPS) is 10.1. The Morgan fingerprint density at radius 3 is 2.62 bits per heavy atom. The summed E-state index contributed by atoms with van der Waals surface area (Å²) in [6, 6.07) is 5.00. The molecular weight excluding hydrogens is 341 g/mol. The van der Waals surface area contributed by atoms with Crippen LogP contribution in [-0.4, -0.2) is 27.8 Å². The van der Waals surface area contributed by atoms with Crippen LogP contribution in [0.1, 0.15) is 32.1 Å². The number of hydrogen-bond acceptors (Lipinski definition) is 4. The summed E-state index contributed by atoms with van der Waals surface area (Å²) in [5.41, 5.74) is -0.544. The van der Waals surface area contributed by atoms with Crippen molar-refractivity contribution in [1.29, 1.82) is 5.26 Å². The van der Waals surface area contributed by atoms with Crippen LogP contribution in [0.3, 0.4) is 0 Å². The molecule has 2 aromatic rings. The van der Waals surface area contributed by atoms with E-state index >= 15 is 0 Å². The number of anilines is 1. The molecule has 122 valence electrons. The lowest BCUT2D eigenvalue weighted by Crippen LogP contribution is -2.15. The Hall–Kier alpha value is -3.18. The number of ketones is 1. The van der Waals surface area contributed by atoms with E-state index < -0.39 is 23.5 Å². The van der Waals surface area contributed by atoms with Crippen LogP contribution < -0.4 is 5.32 Å². The Morgan fingerprint density at radius 2 is 2.04 bits per heavy atom. The topological polar surface area (TPSA) is 123 Å². The molecule has 0 spiro atoms. The number of carbonyl (C=O) groups excluding carboxylic acids is 2. The molecule has 0 atom stereocenters. The zero-order valence-corrected chi connectivity index (χ0v) is 12.9. The van der Waals surface area contributed by atoms with Crippen molar-refractivity contribution in [2.75, 3.05) is 5.32 Å². The first-order valence-electron chi connectivity index (χ1n) is 6.43. The molecule has 7 nitrogen and oxygen atoms in total. The summed E-state index contributed by atoms with van der Waals surface area (Å²) in [5.74, 6) is -4.47. The summed E-state index contributed by atoms with van der Waals surface area (Å²) in [6.45, 7) is 1.39. The second kappa shape index (κ2) is 6.52. The molecular formula is C15H9ClFN3O4. The third-order valence-corrected chi connectivity index (χ3v) is 3.50. The van der Waals surface area contributed by atoms with Gasteiger partial charge in [0, 0.05) is 11.4 Å². The van der Waals surface area contributed by atoms with E-state index in [1.54, 1.807) is 6.07 Å². The molecule has 2 rings (SSSR count). The van der Waals surface area contributed by atoms with Crippen LogP contribution in [0, 0.1) is 24.1 Å². The van der Waals surface area contributed by atoms with Crippen LogP contribution in [-0.2, 0) is 4.79 Å². The van der Waals surface area contributed by atoms with Gasteiger partial charge in [-0.2, -0.15) is 5.26 Å². The number of H-pyrrole nitrogens is 1. The largest absolute Gasteiger partial charge is 0.475 e. The number of carboxylic acid groups (broad SMARTS) is 1. The molecule has 0 aliphatic heterocycles. The lowest BCUT2D eigenvalue weighted by atomic mass is 10.1. The van der Waals surface area contributed by atoms with Crippen molar-refractivity contribution < 1.29 is 23.9 Å². The van der Waals surface area contributed by atoms with Crippen LogP contribution in [0.25, 0.3) is 0 Å². The minimum absolute atomic E-state index is 0.120. The van der Waals surface area contributed by atoms with Gasteiger partial charge in [0.15, 0.2) is 0 Å². The Morgan fingerprint density at radius 1 is 1.38 bits per heavy atom. The minimum atomic E-state index is -1.71. The van der Waals surface area contributed by atoms with Crippen molar-refractivity contribution in [2.45, 2.75) is 6.92 Å². The number of hydrogen-bond donors (Lipinski definition) is 3. The van der Waals surface area contributed by atoms with Crippen LogP contribution >= 0.6 is 11.6 Å². The van der Waals surface area contributed by atoms with Gasteiger partial charge in [0.25, 0.3) is 11.7 Å². The van der Waals surface area contributed by atoms with Gasteiger partial charge in [-0.15, -0.1) is 0 Å². The fourth-order valence-corrected chi connectivity index (χ4v) is 2.37. The number of carboxylic acids is 1. The summed E-state index contributed by atoms with van der Waals surface area (Å²) in [7, 11) is 0. The number of aryl methyl sites for hydroxylation is 1. The van der Waals surface area contributed by atoms with E-state index in [4.69, 9.17) is 22.0 Å². The average molecular weight is 350 g/mol. The Kier molecular flexibility index (Phi) is 4.66. The summed E-state index contributed by atoms with van der Waals surface area (Å²) in [6.07, 6.45) is 0. The van der Waals surface area contributed by atoms with Crippen molar-refractivity contribution >= 4 is 34.9 Å². The van der Waals surface area contributed by atoms with Gasteiger partial charge < -0.3 is 15.4 Å². The van der Waals surface area contributed by atoms with E-state index in [1.807, 2.05) is 0 Å². The molecule has 24 heavy (non-hydrogen) atoms. The number of halogens is 2. The predicted octanol–water partition coefficient (Wildman–Crippen LogP) is 2.51. The third-order valence-electron chi connectivity index (χ3n) is 3.12. The fourth-order valence-electron chi connectivity index (χ4n) is 2.01. The van der Waals surface area contributed by atoms with Crippen LogP contribution in [0.15, 0.2) is 18.2 Å². The number of aliphatic carboxylic acids is 1. The molecule has 0 saturated carbocycles. The van der Waals surface area contributed by atoms with Gasteiger partial charge in [0.1, 0.15) is 17.6 Å². The smallest absolute Gasteiger partial charge is 0.377 e. The van der Waals surface area contributed by atoms with Gasteiger partial charge in [-0.3, -0.25) is 9.59 Å². The first-order valence-corrected chi connectivity index (χ1v) is 6.80. The second-order valence-electron chi connectivity index (χ2n) is 4.71. The maximum absolute atomic E-state index is 13.3. The molecule has 3 N–H and O–H groups in total. The average Bonchev–Trinajstić information content (AvgIpc) is 2.83. The number of nitrogens with one attached hydrogen (secondary N) is 2. The van der Waals surface area contributed by atoms with Crippen LogP contribution in [0.5, 0.6) is 0 Å². The van der Waals surface area contributed by atoms with Crippen molar-refractivity contribution in [3.05, 3.63) is 51.6 Å². The number of benzene rings is 1. The minimum Gasteiger partial charge on any atom is -0.475 e. The van der Waals surface area contributed by atoms with Gasteiger partial charge in [-0.05, 0) is 25.1 Å². The molecule has 9 heteroatoms. The zero-order chi connectivity index (χ0) is 18.0. The molecule has 0 aliphatic carbocycles.